The summed E-state index contributed by atoms with van der Waals surface area (Å²) in [5.74, 6) is 0.936. The summed E-state index contributed by atoms with van der Waals surface area (Å²) in [6, 6.07) is 9.18. The van der Waals surface area contributed by atoms with Crippen LogP contribution < -0.4 is 16.0 Å². The molecule has 1 aromatic rings. The van der Waals surface area contributed by atoms with Crippen molar-refractivity contribution in [2.75, 3.05) is 39.3 Å². The Hall–Kier alpha value is -1.84. The van der Waals surface area contributed by atoms with E-state index in [1.165, 1.54) is 0 Å². The van der Waals surface area contributed by atoms with Gasteiger partial charge in [0, 0.05) is 51.3 Å². The third-order valence-electron chi connectivity index (χ3n) is 4.61. The van der Waals surface area contributed by atoms with Crippen molar-refractivity contribution in [3.05, 3.63) is 35.9 Å². The van der Waals surface area contributed by atoms with Crippen LogP contribution in [0.1, 0.15) is 49.4 Å². The maximum atomic E-state index is 12.0. The number of hydrogen-bond donors (Lipinski definition) is 3. The number of hydrogen-bond acceptors (Lipinski definition) is 3. The zero-order chi connectivity index (χ0) is 20.0. The van der Waals surface area contributed by atoms with Gasteiger partial charge < -0.3 is 20.9 Å². The van der Waals surface area contributed by atoms with E-state index < -0.39 is 0 Å². The molecule has 29 heavy (non-hydrogen) atoms. The Bertz CT molecular complexity index is 639. The number of likely N-dealkylation sites (tertiary alicyclic amines) is 1. The van der Waals surface area contributed by atoms with E-state index in [-0.39, 0.29) is 35.8 Å². The van der Waals surface area contributed by atoms with Crippen LogP contribution in [0.3, 0.4) is 0 Å². The Morgan fingerprint density at radius 1 is 1.07 bits per heavy atom. The SMILES string of the molecule is CCNC(=NCCCN1CCCCCC1=O)NCCNC(=O)c1ccccc1.I. The number of carbonyl (C=O) groups excluding carboxylic acids is 2. The first-order valence-electron chi connectivity index (χ1n) is 10.3. The second-order valence-electron chi connectivity index (χ2n) is 6.85. The first kappa shape index (κ1) is 25.2. The van der Waals surface area contributed by atoms with E-state index in [4.69, 9.17) is 0 Å². The Morgan fingerprint density at radius 3 is 2.59 bits per heavy atom. The van der Waals surface area contributed by atoms with Gasteiger partial charge >= 0.3 is 0 Å². The van der Waals surface area contributed by atoms with Crippen molar-refractivity contribution in [1.82, 2.24) is 20.9 Å². The lowest BCUT2D eigenvalue weighted by Gasteiger charge is -2.20. The summed E-state index contributed by atoms with van der Waals surface area (Å²) in [6.07, 6.45) is 4.81. The Morgan fingerprint density at radius 2 is 1.83 bits per heavy atom. The molecule has 1 saturated heterocycles. The van der Waals surface area contributed by atoms with Crippen LogP contribution in [0, 0.1) is 0 Å². The minimum atomic E-state index is -0.0774. The fraction of sp³-hybridized carbons (Fsp3) is 0.571. The number of amides is 2. The molecular weight excluding hydrogens is 481 g/mol. The van der Waals surface area contributed by atoms with Gasteiger partial charge in [-0.05, 0) is 38.3 Å². The number of halogens is 1. The molecule has 7 nitrogen and oxygen atoms in total. The van der Waals surface area contributed by atoms with Crippen molar-refractivity contribution in [1.29, 1.82) is 0 Å². The van der Waals surface area contributed by atoms with Crippen molar-refractivity contribution in [3.8, 4) is 0 Å². The average Bonchev–Trinajstić information content (AvgIpc) is 2.93. The molecule has 1 aliphatic rings. The lowest BCUT2D eigenvalue weighted by atomic mass is 10.2. The number of aliphatic imine (C=N–C) groups is 1. The molecule has 1 aromatic carbocycles. The van der Waals surface area contributed by atoms with Gasteiger partial charge in [-0.25, -0.2) is 0 Å². The zero-order valence-electron chi connectivity index (χ0n) is 17.3. The highest BCUT2D eigenvalue weighted by Crippen LogP contribution is 2.11. The van der Waals surface area contributed by atoms with E-state index in [9.17, 15) is 9.59 Å². The molecule has 0 atom stereocenters. The predicted molar refractivity (Wildman–Crippen MR) is 128 cm³/mol. The van der Waals surface area contributed by atoms with Crippen molar-refractivity contribution >= 4 is 41.8 Å². The minimum Gasteiger partial charge on any atom is -0.357 e. The number of benzene rings is 1. The molecular formula is C21H34IN5O2. The van der Waals surface area contributed by atoms with Crippen molar-refractivity contribution < 1.29 is 9.59 Å². The highest BCUT2D eigenvalue weighted by molar-refractivity contribution is 14.0. The van der Waals surface area contributed by atoms with Gasteiger partial charge in [0.05, 0.1) is 0 Å². The van der Waals surface area contributed by atoms with Gasteiger partial charge in [0.25, 0.3) is 5.91 Å². The molecule has 2 rings (SSSR count). The molecule has 1 aliphatic heterocycles. The van der Waals surface area contributed by atoms with Crippen LogP contribution in [0.15, 0.2) is 35.3 Å². The molecule has 0 unspecified atom stereocenters. The van der Waals surface area contributed by atoms with Gasteiger partial charge in [-0.15, -0.1) is 24.0 Å². The van der Waals surface area contributed by atoms with Crippen LogP contribution in [0.25, 0.3) is 0 Å². The standard InChI is InChI=1S/C21H33N5O2.HI/c1-2-22-21(24-13-9-17-26-16-8-4-7-12-19(26)27)25-15-14-23-20(28)18-10-5-3-6-11-18;/h3,5-6,10-11H,2,4,7-9,12-17H2,1H3,(H,23,28)(H2,22,24,25);1H. The topological polar surface area (TPSA) is 85.8 Å². The third kappa shape index (κ3) is 9.96. The molecule has 0 radical (unpaired) electrons. The smallest absolute Gasteiger partial charge is 0.251 e. The monoisotopic (exact) mass is 515 g/mol. The van der Waals surface area contributed by atoms with Gasteiger partial charge in [-0.2, -0.15) is 0 Å². The van der Waals surface area contributed by atoms with Gasteiger partial charge in [0.15, 0.2) is 5.96 Å². The second-order valence-corrected chi connectivity index (χ2v) is 6.85. The summed E-state index contributed by atoms with van der Waals surface area (Å²) in [5, 5.41) is 9.32. The highest BCUT2D eigenvalue weighted by atomic mass is 127. The summed E-state index contributed by atoms with van der Waals surface area (Å²) < 4.78 is 0. The number of rotatable bonds is 9. The normalized spacial score (nSPS) is 14.6. The van der Waals surface area contributed by atoms with Crippen molar-refractivity contribution in [2.45, 2.75) is 39.0 Å². The summed E-state index contributed by atoms with van der Waals surface area (Å²) in [4.78, 5) is 30.6. The fourth-order valence-corrected chi connectivity index (χ4v) is 3.12. The van der Waals surface area contributed by atoms with E-state index in [0.29, 0.717) is 31.6 Å². The molecule has 0 aliphatic carbocycles. The largest absolute Gasteiger partial charge is 0.357 e. The average molecular weight is 515 g/mol. The van der Waals surface area contributed by atoms with Gasteiger partial charge in [0.1, 0.15) is 0 Å². The van der Waals surface area contributed by atoms with Crippen LogP contribution in [0.5, 0.6) is 0 Å². The molecule has 0 spiro atoms. The Kier molecular flexibility index (Phi) is 13.1. The predicted octanol–water partition coefficient (Wildman–Crippen LogP) is 2.38. The molecule has 1 fully saturated rings. The minimum absolute atomic E-state index is 0. The maximum absolute atomic E-state index is 12.0. The van der Waals surface area contributed by atoms with Gasteiger partial charge in [0.2, 0.25) is 5.91 Å². The molecule has 0 aromatic heterocycles. The van der Waals surface area contributed by atoms with E-state index in [1.54, 1.807) is 12.1 Å². The van der Waals surface area contributed by atoms with Crippen LogP contribution in [-0.2, 0) is 4.79 Å². The van der Waals surface area contributed by atoms with Crippen LogP contribution in [0.4, 0.5) is 0 Å². The van der Waals surface area contributed by atoms with Crippen LogP contribution >= 0.6 is 24.0 Å². The van der Waals surface area contributed by atoms with Crippen LogP contribution in [-0.4, -0.2) is 61.9 Å². The second kappa shape index (κ2) is 15.1. The fourth-order valence-electron chi connectivity index (χ4n) is 3.12. The third-order valence-corrected chi connectivity index (χ3v) is 4.61. The van der Waals surface area contributed by atoms with Crippen LogP contribution in [0.2, 0.25) is 0 Å². The molecule has 3 N–H and O–H groups in total. The highest BCUT2D eigenvalue weighted by Gasteiger charge is 2.15. The molecule has 1 heterocycles. The summed E-state index contributed by atoms with van der Waals surface area (Å²) in [7, 11) is 0. The quantitative estimate of drug-likeness (QED) is 0.204. The molecule has 8 heteroatoms. The first-order chi connectivity index (χ1) is 13.7. The summed E-state index contributed by atoms with van der Waals surface area (Å²) in [5.41, 5.74) is 0.658. The lowest BCUT2D eigenvalue weighted by Crippen LogP contribution is -2.41. The number of carbonyl (C=O) groups is 2. The number of nitrogens with one attached hydrogen (secondary N) is 3. The zero-order valence-corrected chi connectivity index (χ0v) is 19.6. The number of nitrogens with zero attached hydrogens (tertiary/aromatic N) is 2. The number of guanidine groups is 1. The summed E-state index contributed by atoms with van der Waals surface area (Å²) >= 11 is 0. The van der Waals surface area contributed by atoms with E-state index in [0.717, 1.165) is 51.3 Å². The Balaban J connectivity index is 0.00000420. The van der Waals surface area contributed by atoms with E-state index in [1.807, 2.05) is 30.0 Å². The van der Waals surface area contributed by atoms with Crippen molar-refractivity contribution in [2.24, 2.45) is 4.99 Å². The first-order valence-corrected chi connectivity index (χ1v) is 10.3. The Labute approximate surface area is 191 Å². The molecule has 0 bridgehead atoms. The molecule has 0 saturated carbocycles. The maximum Gasteiger partial charge on any atom is 0.251 e. The summed E-state index contributed by atoms with van der Waals surface area (Å²) in [6.45, 7) is 6.21. The van der Waals surface area contributed by atoms with Gasteiger partial charge in [-0.3, -0.25) is 14.6 Å². The van der Waals surface area contributed by atoms with Crippen molar-refractivity contribution in [3.63, 3.8) is 0 Å². The van der Waals surface area contributed by atoms with Gasteiger partial charge in [-0.1, -0.05) is 24.6 Å². The molecule has 2 amide bonds. The van der Waals surface area contributed by atoms with E-state index in [2.05, 4.69) is 20.9 Å². The van der Waals surface area contributed by atoms with E-state index >= 15 is 0 Å². The lowest BCUT2D eigenvalue weighted by molar-refractivity contribution is -0.130. The molecule has 162 valence electrons.